The lowest BCUT2D eigenvalue weighted by Crippen LogP contribution is -2.47. The third kappa shape index (κ3) is 6.36. The zero-order chi connectivity index (χ0) is 13.4. The minimum atomic E-state index is -0.593. The van der Waals surface area contributed by atoms with E-state index in [2.05, 4.69) is 0 Å². The van der Waals surface area contributed by atoms with E-state index in [-0.39, 0.29) is 6.10 Å². The minimum Gasteiger partial charge on any atom is -0.399 e. The van der Waals surface area contributed by atoms with Crippen molar-refractivity contribution in [1.82, 2.24) is 5.43 Å². The van der Waals surface area contributed by atoms with Gasteiger partial charge in [0.1, 0.15) is 0 Å². The molecular weight excluding hydrogens is 222 g/mol. The summed E-state index contributed by atoms with van der Waals surface area (Å²) in [6.45, 7) is 3.44. The minimum absolute atomic E-state index is 0.167. The Kier molecular flexibility index (Phi) is 6.64. The number of nitrogens with two attached hydrogens (primary N) is 3. The van der Waals surface area contributed by atoms with E-state index >= 15 is 0 Å². The van der Waals surface area contributed by atoms with E-state index in [1.807, 2.05) is 5.43 Å². The van der Waals surface area contributed by atoms with Crippen molar-refractivity contribution < 1.29 is 9.90 Å². The number of aliphatic hydroxyl groups is 1. The van der Waals surface area contributed by atoms with Crippen LogP contribution < -0.4 is 27.9 Å². The smallest absolute Gasteiger partial charge is 0.350 e. The first-order chi connectivity index (χ1) is 7.88. The van der Waals surface area contributed by atoms with Gasteiger partial charge in [-0.1, -0.05) is 0 Å². The molecule has 0 aliphatic heterocycles. The average Bonchev–Trinajstić information content (AvgIpc) is 2.27. The third-order valence-corrected chi connectivity index (χ3v) is 1.51. The number of nitrogens with zero attached hydrogens (tertiary/aromatic N) is 1. The van der Waals surface area contributed by atoms with Crippen LogP contribution in [0.2, 0.25) is 0 Å². The average molecular weight is 241 g/mol. The highest BCUT2D eigenvalue weighted by molar-refractivity contribution is 5.90. The summed E-state index contributed by atoms with van der Waals surface area (Å²) >= 11 is 0. The van der Waals surface area contributed by atoms with Crippen molar-refractivity contribution in [2.45, 2.75) is 20.0 Å². The maximum Gasteiger partial charge on any atom is 0.350 e. The summed E-state index contributed by atoms with van der Waals surface area (Å²) in [5.74, 6) is 10.3. The first kappa shape index (κ1) is 15.2. The standard InChI is InChI=1S/C7H11N5O.C3H8O/c8-5-1-3-6(4-2-5)12(10)7(13)11-9;1-3(2)4/h1-4H,8-10H2,(H,11,13);3-4H,1-2H3. The van der Waals surface area contributed by atoms with E-state index in [0.29, 0.717) is 11.4 Å². The van der Waals surface area contributed by atoms with E-state index in [0.717, 1.165) is 5.01 Å². The molecule has 0 spiro atoms. The number of anilines is 2. The summed E-state index contributed by atoms with van der Waals surface area (Å²) < 4.78 is 0. The Hall–Kier alpha value is -1.83. The number of hydrogen-bond acceptors (Lipinski definition) is 5. The van der Waals surface area contributed by atoms with E-state index in [4.69, 9.17) is 22.5 Å². The van der Waals surface area contributed by atoms with Crippen molar-refractivity contribution in [3.8, 4) is 0 Å². The molecular formula is C10H19N5O2. The van der Waals surface area contributed by atoms with Gasteiger partial charge < -0.3 is 10.8 Å². The second-order valence-electron chi connectivity index (χ2n) is 3.50. The van der Waals surface area contributed by atoms with E-state index in [1.54, 1.807) is 38.1 Å². The zero-order valence-electron chi connectivity index (χ0n) is 9.92. The summed E-state index contributed by atoms with van der Waals surface area (Å²) in [5.41, 5.74) is 8.47. The van der Waals surface area contributed by atoms with Crippen LogP contribution in [0.15, 0.2) is 24.3 Å². The fraction of sp³-hybridized carbons (Fsp3) is 0.300. The fourth-order valence-corrected chi connectivity index (χ4v) is 0.822. The fourth-order valence-electron chi connectivity index (χ4n) is 0.822. The molecule has 7 heteroatoms. The molecule has 7 nitrogen and oxygen atoms in total. The molecule has 2 amide bonds. The van der Waals surface area contributed by atoms with Gasteiger partial charge in [0.25, 0.3) is 0 Å². The van der Waals surface area contributed by atoms with Crippen LogP contribution in [0, 0.1) is 0 Å². The first-order valence-electron chi connectivity index (χ1n) is 4.97. The van der Waals surface area contributed by atoms with Crippen LogP contribution in [0.1, 0.15) is 13.8 Å². The number of rotatable bonds is 1. The predicted molar refractivity (Wildman–Crippen MR) is 67.6 cm³/mol. The number of carbonyl (C=O) groups excluding carboxylic acids is 1. The molecule has 0 atom stereocenters. The number of carbonyl (C=O) groups is 1. The molecule has 1 aromatic rings. The van der Waals surface area contributed by atoms with Gasteiger partial charge in [-0.25, -0.2) is 21.5 Å². The summed E-state index contributed by atoms with van der Waals surface area (Å²) in [4.78, 5) is 10.9. The van der Waals surface area contributed by atoms with Gasteiger partial charge in [0.2, 0.25) is 0 Å². The van der Waals surface area contributed by atoms with Gasteiger partial charge >= 0.3 is 6.03 Å². The van der Waals surface area contributed by atoms with Gasteiger partial charge in [-0.2, -0.15) is 0 Å². The molecule has 1 rings (SSSR count). The number of hydrazine groups is 2. The van der Waals surface area contributed by atoms with Crippen LogP contribution in [0.3, 0.4) is 0 Å². The molecule has 0 aromatic heterocycles. The van der Waals surface area contributed by atoms with Crippen molar-refractivity contribution in [2.75, 3.05) is 10.7 Å². The van der Waals surface area contributed by atoms with Crippen molar-refractivity contribution in [2.24, 2.45) is 11.7 Å². The quantitative estimate of drug-likeness (QED) is 0.203. The van der Waals surface area contributed by atoms with Crippen LogP contribution in [0.4, 0.5) is 16.2 Å². The lowest BCUT2D eigenvalue weighted by molar-refractivity contribution is 0.216. The van der Waals surface area contributed by atoms with Crippen molar-refractivity contribution in [1.29, 1.82) is 0 Å². The van der Waals surface area contributed by atoms with Crippen LogP contribution in [-0.4, -0.2) is 17.2 Å². The molecule has 0 aliphatic carbocycles. The van der Waals surface area contributed by atoms with Crippen molar-refractivity contribution >= 4 is 17.4 Å². The number of benzene rings is 1. The first-order valence-corrected chi connectivity index (χ1v) is 4.97. The molecule has 0 unspecified atom stereocenters. The molecule has 17 heavy (non-hydrogen) atoms. The molecule has 0 fully saturated rings. The Morgan fingerprint density at radius 1 is 1.35 bits per heavy atom. The Morgan fingerprint density at radius 2 is 1.76 bits per heavy atom. The number of amides is 2. The predicted octanol–water partition coefficient (Wildman–Crippen LogP) is -0.0807. The number of urea groups is 1. The van der Waals surface area contributed by atoms with Crippen LogP contribution in [-0.2, 0) is 0 Å². The Bertz CT molecular complexity index is 336. The largest absolute Gasteiger partial charge is 0.399 e. The van der Waals surface area contributed by atoms with E-state index in [1.165, 1.54) is 0 Å². The van der Waals surface area contributed by atoms with E-state index in [9.17, 15) is 4.79 Å². The van der Waals surface area contributed by atoms with E-state index < -0.39 is 6.03 Å². The van der Waals surface area contributed by atoms with Crippen LogP contribution in [0.25, 0.3) is 0 Å². The van der Waals surface area contributed by atoms with Crippen LogP contribution >= 0.6 is 0 Å². The molecule has 0 saturated carbocycles. The maximum absolute atomic E-state index is 10.9. The molecule has 0 heterocycles. The lowest BCUT2D eigenvalue weighted by atomic mass is 10.3. The van der Waals surface area contributed by atoms with Crippen molar-refractivity contribution in [3.63, 3.8) is 0 Å². The highest BCUT2D eigenvalue weighted by Gasteiger charge is 2.08. The molecule has 8 N–H and O–H groups in total. The Labute approximate surface area is 100 Å². The molecule has 0 aliphatic rings. The van der Waals surface area contributed by atoms with Gasteiger partial charge in [-0.15, -0.1) is 0 Å². The summed E-state index contributed by atoms with van der Waals surface area (Å²) in [6.07, 6.45) is -0.167. The highest BCUT2D eigenvalue weighted by Crippen LogP contribution is 2.12. The monoisotopic (exact) mass is 241 g/mol. The SMILES string of the molecule is CC(C)O.NNC(=O)N(N)c1ccc(N)cc1. The zero-order valence-corrected chi connectivity index (χ0v) is 9.92. The Morgan fingerprint density at radius 3 is 2.12 bits per heavy atom. The van der Waals surface area contributed by atoms with Crippen LogP contribution in [0.5, 0.6) is 0 Å². The Balaban J connectivity index is 0.000000557. The lowest BCUT2D eigenvalue weighted by Gasteiger charge is -2.15. The number of hydrogen-bond donors (Lipinski definition) is 5. The summed E-state index contributed by atoms with van der Waals surface area (Å²) in [7, 11) is 0. The normalized spacial score (nSPS) is 9.29. The van der Waals surface area contributed by atoms with Gasteiger partial charge in [0.15, 0.2) is 0 Å². The molecule has 0 radical (unpaired) electrons. The molecule has 1 aromatic carbocycles. The maximum atomic E-state index is 10.9. The second-order valence-corrected chi connectivity index (χ2v) is 3.50. The molecule has 96 valence electrons. The summed E-state index contributed by atoms with van der Waals surface area (Å²) in [5, 5.41) is 8.94. The molecule has 0 saturated heterocycles. The van der Waals surface area contributed by atoms with Gasteiger partial charge in [-0.3, -0.25) is 5.43 Å². The number of nitrogens with one attached hydrogen (secondary N) is 1. The van der Waals surface area contributed by atoms with Crippen molar-refractivity contribution in [3.05, 3.63) is 24.3 Å². The third-order valence-electron chi connectivity index (χ3n) is 1.51. The second kappa shape index (κ2) is 7.44. The topological polar surface area (TPSA) is 131 Å². The number of aliphatic hydroxyl groups excluding tert-OH is 1. The van der Waals surface area contributed by atoms with Gasteiger partial charge in [0.05, 0.1) is 5.69 Å². The highest BCUT2D eigenvalue weighted by atomic mass is 16.3. The molecule has 0 bridgehead atoms. The van der Waals surface area contributed by atoms with Gasteiger partial charge in [0, 0.05) is 11.8 Å². The van der Waals surface area contributed by atoms with Gasteiger partial charge in [-0.05, 0) is 38.1 Å². The summed E-state index contributed by atoms with van der Waals surface area (Å²) in [6, 6.07) is 5.91. The number of nitrogen functional groups attached to an aromatic ring is 1.